The van der Waals surface area contributed by atoms with Crippen LogP contribution in [0, 0.1) is 6.92 Å². The molecule has 2 unspecified atom stereocenters. The summed E-state index contributed by atoms with van der Waals surface area (Å²) in [5.41, 5.74) is 2.02. The molecule has 0 aliphatic carbocycles. The van der Waals surface area contributed by atoms with Gasteiger partial charge in [-0.1, -0.05) is 17.7 Å². The molecule has 2 N–H and O–H groups in total. The highest BCUT2D eigenvalue weighted by Crippen LogP contribution is 2.24. The van der Waals surface area contributed by atoms with Crippen molar-refractivity contribution in [3.63, 3.8) is 0 Å². The normalized spacial score (nSPS) is 14.7. The molecule has 16 heavy (non-hydrogen) atoms. The first-order valence-electron chi connectivity index (χ1n) is 5.33. The number of aromatic hydroxyl groups is 1. The predicted octanol–water partition coefficient (Wildman–Crippen LogP) is 1.73. The minimum Gasteiger partial charge on any atom is -0.508 e. The molecule has 1 aromatic carbocycles. The summed E-state index contributed by atoms with van der Waals surface area (Å²) in [6.07, 6.45) is 1.69. The highest BCUT2D eigenvalue weighted by Gasteiger charge is 2.09. The van der Waals surface area contributed by atoms with Crippen molar-refractivity contribution in [2.24, 2.45) is 0 Å². The average Bonchev–Trinajstić information content (AvgIpc) is 2.21. The minimum absolute atomic E-state index is 0.0726. The summed E-state index contributed by atoms with van der Waals surface area (Å²) in [6.45, 7) is 4.68. The number of benzene rings is 1. The molecule has 0 aliphatic heterocycles. The fourth-order valence-electron chi connectivity index (χ4n) is 1.55. The topological polar surface area (TPSA) is 49.3 Å². The summed E-state index contributed by atoms with van der Waals surface area (Å²) in [7, 11) is -0.773. The Balaban J connectivity index is 2.61. The van der Waals surface area contributed by atoms with Crippen LogP contribution in [-0.4, -0.2) is 27.9 Å². The van der Waals surface area contributed by atoms with Gasteiger partial charge in [0.15, 0.2) is 0 Å². The Morgan fingerprint density at radius 2 is 2.19 bits per heavy atom. The van der Waals surface area contributed by atoms with Gasteiger partial charge in [-0.2, -0.15) is 0 Å². The van der Waals surface area contributed by atoms with Gasteiger partial charge in [-0.05, 0) is 19.9 Å². The van der Waals surface area contributed by atoms with E-state index in [1.165, 1.54) is 0 Å². The smallest absolute Gasteiger partial charge is 0.120 e. The van der Waals surface area contributed by atoms with Crippen LogP contribution in [0.25, 0.3) is 0 Å². The lowest BCUT2D eigenvalue weighted by atomic mass is 10.0. The van der Waals surface area contributed by atoms with E-state index in [1.807, 2.05) is 26.0 Å². The van der Waals surface area contributed by atoms with Crippen LogP contribution in [0.1, 0.15) is 24.1 Å². The Kier molecular flexibility index (Phi) is 4.96. The van der Waals surface area contributed by atoms with Crippen LogP contribution in [0.4, 0.5) is 0 Å². The average molecular weight is 241 g/mol. The summed E-state index contributed by atoms with van der Waals surface area (Å²) >= 11 is 0. The molecule has 3 nitrogen and oxygen atoms in total. The van der Waals surface area contributed by atoms with Gasteiger partial charge in [0.25, 0.3) is 0 Å². The molecule has 4 heteroatoms. The standard InChI is InChI=1S/C12H19NO2S/c1-9-4-5-12(14)11(8-9)10(2)13-6-7-16(3)15/h4-5,8,10,13-14H,6-7H2,1-3H3. The molecule has 0 fully saturated rings. The number of hydrogen-bond acceptors (Lipinski definition) is 3. The second-order valence-corrected chi connectivity index (χ2v) is 5.57. The number of hydrogen-bond donors (Lipinski definition) is 2. The molecule has 0 aromatic heterocycles. The van der Waals surface area contributed by atoms with Crippen LogP contribution >= 0.6 is 0 Å². The molecule has 2 atom stereocenters. The van der Waals surface area contributed by atoms with Crippen LogP contribution in [-0.2, 0) is 10.8 Å². The van der Waals surface area contributed by atoms with Gasteiger partial charge in [0.05, 0.1) is 0 Å². The van der Waals surface area contributed by atoms with Gasteiger partial charge in [-0.15, -0.1) is 0 Å². The van der Waals surface area contributed by atoms with E-state index in [4.69, 9.17) is 0 Å². The van der Waals surface area contributed by atoms with Crippen molar-refractivity contribution >= 4 is 10.8 Å². The fraction of sp³-hybridized carbons (Fsp3) is 0.500. The van der Waals surface area contributed by atoms with E-state index in [9.17, 15) is 9.32 Å². The molecule has 0 spiro atoms. The summed E-state index contributed by atoms with van der Waals surface area (Å²) in [6, 6.07) is 5.63. The lowest BCUT2D eigenvalue weighted by Gasteiger charge is -2.15. The Labute approximate surface area is 99.3 Å². The maximum absolute atomic E-state index is 10.9. The van der Waals surface area contributed by atoms with Gasteiger partial charge in [-0.25, -0.2) is 0 Å². The van der Waals surface area contributed by atoms with Gasteiger partial charge < -0.3 is 10.4 Å². The molecular formula is C12H19NO2S. The second kappa shape index (κ2) is 6.01. The lowest BCUT2D eigenvalue weighted by Crippen LogP contribution is -2.23. The van der Waals surface area contributed by atoms with Gasteiger partial charge >= 0.3 is 0 Å². The Hall–Kier alpha value is -0.870. The van der Waals surface area contributed by atoms with Gasteiger partial charge in [0.1, 0.15) is 5.75 Å². The summed E-state index contributed by atoms with van der Waals surface area (Å²) < 4.78 is 10.9. The molecule has 1 aromatic rings. The molecule has 90 valence electrons. The fourth-order valence-corrected chi connectivity index (χ4v) is 1.96. The first-order chi connectivity index (χ1) is 7.50. The SMILES string of the molecule is Cc1ccc(O)c(C(C)NCCS(C)=O)c1. The largest absolute Gasteiger partial charge is 0.508 e. The summed E-state index contributed by atoms with van der Waals surface area (Å²) in [5.74, 6) is 0.944. The van der Waals surface area contributed by atoms with E-state index >= 15 is 0 Å². The maximum Gasteiger partial charge on any atom is 0.120 e. The predicted molar refractivity (Wildman–Crippen MR) is 68.2 cm³/mol. The molecular weight excluding hydrogens is 222 g/mol. The van der Waals surface area contributed by atoms with Crippen molar-refractivity contribution in [3.05, 3.63) is 29.3 Å². The van der Waals surface area contributed by atoms with Crippen LogP contribution in [0.2, 0.25) is 0 Å². The zero-order chi connectivity index (χ0) is 12.1. The van der Waals surface area contributed by atoms with E-state index in [-0.39, 0.29) is 6.04 Å². The van der Waals surface area contributed by atoms with Crippen molar-refractivity contribution in [1.29, 1.82) is 0 Å². The minimum atomic E-state index is -0.773. The van der Waals surface area contributed by atoms with E-state index in [0.29, 0.717) is 18.0 Å². The molecule has 0 radical (unpaired) electrons. The summed E-state index contributed by atoms with van der Waals surface area (Å²) in [4.78, 5) is 0. The Morgan fingerprint density at radius 1 is 1.50 bits per heavy atom. The van der Waals surface area contributed by atoms with Crippen molar-refractivity contribution in [3.8, 4) is 5.75 Å². The second-order valence-electron chi connectivity index (χ2n) is 4.02. The third-order valence-corrected chi connectivity index (χ3v) is 3.27. The first-order valence-corrected chi connectivity index (χ1v) is 7.06. The quantitative estimate of drug-likeness (QED) is 0.825. The Bertz CT molecular complexity index is 379. The Morgan fingerprint density at radius 3 is 2.81 bits per heavy atom. The number of aryl methyl sites for hydroxylation is 1. The third kappa shape index (κ3) is 3.94. The van der Waals surface area contributed by atoms with Gasteiger partial charge in [0, 0.05) is 41.0 Å². The van der Waals surface area contributed by atoms with E-state index in [2.05, 4.69) is 5.32 Å². The highest BCUT2D eigenvalue weighted by molar-refractivity contribution is 7.84. The molecule has 0 amide bonds. The highest BCUT2D eigenvalue weighted by atomic mass is 32.2. The molecule has 0 aliphatic rings. The zero-order valence-electron chi connectivity index (χ0n) is 9.99. The molecule has 0 bridgehead atoms. The van der Waals surface area contributed by atoms with Gasteiger partial charge in [0.2, 0.25) is 0 Å². The first kappa shape index (κ1) is 13.2. The van der Waals surface area contributed by atoms with E-state index in [0.717, 1.165) is 11.1 Å². The summed E-state index contributed by atoms with van der Waals surface area (Å²) in [5, 5.41) is 13.0. The lowest BCUT2D eigenvalue weighted by molar-refractivity contribution is 0.454. The van der Waals surface area contributed by atoms with Gasteiger partial charge in [-0.3, -0.25) is 4.21 Å². The van der Waals surface area contributed by atoms with Crippen LogP contribution in [0.3, 0.4) is 0 Å². The molecule has 0 heterocycles. The van der Waals surface area contributed by atoms with Crippen molar-refractivity contribution < 1.29 is 9.32 Å². The molecule has 0 saturated carbocycles. The number of phenols is 1. The third-order valence-electron chi connectivity index (χ3n) is 2.49. The molecule has 0 saturated heterocycles. The van der Waals surface area contributed by atoms with E-state index < -0.39 is 10.8 Å². The van der Waals surface area contributed by atoms with Crippen LogP contribution in [0.5, 0.6) is 5.75 Å². The maximum atomic E-state index is 10.9. The molecule has 1 rings (SSSR count). The van der Waals surface area contributed by atoms with Crippen molar-refractivity contribution in [1.82, 2.24) is 5.32 Å². The zero-order valence-corrected chi connectivity index (χ0v) is 10.8. The number of nitrogens with one attached hydrogen (secondary N) is 1. The monoisotopic (exact) mass is 241 g/mol. The number of rotatable bonds is 5. The number of phenolic OH excluding ortho intramolecular Hbond substituents is 1. The van der Waals surface area contributed by atoms with Crippen LogP contribution < -0.4 is 5.32 Å². The van der Waals surface area contributed by atoms with Crippen molar-refractivity contribution in [2.75, 3.05) is 18.6 Å². The van der Waals surface area contributed by atoms with E-state index in [1.54, 1.807) is 12.3 Å². The van der Waals surface area contributed by atoms with Crippen LogP contribution in [0.15, 0.2) is 18.2 Å². The van der Waals surface area contributed by atoms with Crippen molar-refractivity contribution in [2.45, 2.75) is 19.9 Å².